The third-order valence-electron chi connectivity index (χ3n) is 0.798. The molecule has 0 heterocycles. The summed E-state index contributed by atoms with van der Waals surface area (Å²) in [4.78, 5) is 0. The van der Waals surface area contributed by atoms with E-state index in [1.165, 1.54) is 6.92 Å². The van der Waals surface area contributed by atoms with Gasteiger partial charge in [-0.05, 0) is 6.92 Å². The predicted molar refractivity (Wildman–Crippen MR) is 26.7 cm³/mol. The number of hydrogen-bond donors (Lipinski definition) is 3. The van der Waals surface area contributed by atoms with Crippen LogP contribution in [-0.4, -0.2) is 29.0 Å². The molecule has 7 heavy (non-hydrogen) atoms. The van der Waals surface area contributed by atoms with Gasteiger partial charge in [0.15, 0.2) is 0 Å². The number of hydrogen-bond acceptors (Lipinski definition) is 3. The molecule has 0 aliphatic heterocycles. The first kappa shape index (κ1) is 6.88. The van der Waals surface area contributed by atoms with Crippen LogP contribution in [0.15, 0.2) is 0 Å². The number of aliphatic hydroxyl groups is 2. The van der Waals surface area contributed by atoms with Gasteiger partial charge < -0.3 is 15.9 Å². The molecule has 0 spiro atoms. The molecule has 0 fully saturated rings. The molecular formula is C4H11NO2. The number of aliphatic hydroxyl groups excluding tert-OH is 2. The van der Waals surface area contributed by atoms with E-state index in [1.807, 2.05) is 0 Å². The normalized spacial score (nSPS) is 18.9. The summed E-state index contributed by atoms with van der Waals surface area (Å²) in [6.45, 7) is 1.62. The van der Waals surface area contributed by atoms with Crippen molar-refractivity contribution in [1.82, 2.24) is 0 Å². The van der Waals surface area contributed by atoms with E-state index in [2.05, 4.69) is 0 Å². The van der Waals surface area contributed by atoms with Gasteiger partial charge in [-0.1, -0.05) is 0 Å². The summed E-state index contributed by atoms with van der Waals surface area (Å²) in [6.07, 6.45) is -1.47. The van der Waals surface area contributed by atoms with Crippen LogP contribution in [0.4, 0.5) is 0 Å². The molecule has 0 saturated heterocycles. The summed E-state index contributed by atoms with van der Waals surface area (Å²) >= 11 is 0. The molecule has 3 heteroatoms. The minimum Gasteiger partial charge on any atom is -0.391 e. The van der Waals surface area contributed by atoms with Gasteiger partial charge in [-0.2, -0.15) is 0 Å². The third-order valence-corrected chi connectivity index (χ3v) is 0.798. The van der Waals surface area contributed by atoms with E-state index in [-0.39, 0.29) is 6.54 Å². The Morgan fingerprint density at radius 3 is 2.00 bits per heavy atom. The summed E-state index contributed by atoms with van der Waals surface area (Å²) in [5.41, 5.74) is 4.96. The lowest BCUT2D eigenvalue weighted by atomic mass is 10.2. The van der Waals surface area contributed by atoms with Crippen molar-refractivity contribution in [1.29, 1.82) is 0 Å². The van der Waals surface area contributed by atoms with E-state index in [4.69, 9.17) is 15.9 Å². The van der Waals surface area contributed by atoms with Gasteiger partial charge in [-0.25, -0.2) is 0 Å². The third kappa shape index (κ3) is 2.56. The molecule has 44 valence electrons. The zero-order chi connectivity index (χ0) is 5.86. The predicted octanol–water partition coefficient (Wildman–Crippen LogP) is -1.31. The zero-order valence-electron chi connectivity index (χ0n) is 4.33. The Balaban J connectivity index is 3.14. The standard InChI is InChI=1S/C4H11NO2/c1-3(6)4(7)2-5/h3-4,6-7H,2,5H2,1H3/t3-,4+/m0/s1. The second-order valence-electron chi connectivity index (χ2n) is 1.54. The van der Waals surface area contributed by atoms with Crippen molar-refractivity contribution in [3.63, 3.8) is 0 Å². The van der Waals surface area contributed by atoms with Crippen LogP contribution in [0.25, 0.3) is 0 Å². The highest BCUT2D eigenvalue weighted by atomic mass is 16.3. The van der Waals surface area contributed by atoms with Gasteiger partial charge in [0.1, 0.15) is 0 Å². The van der Waals surface area contributed by atoms with Crippen LogP contribution in [-0.2, 0) is 0 Å². The van der Waals surface area contributed by atoms with Crippen LogP contribution in [0.5, 0.6) is 0 Å². The average molecular weight is 105 g/mol. The fraction of sp³-hybridized carbons (Fsp3) is 1.00. The Morgan fingerprint density at radius 1 is 1.57 bits per heavy atom. The Hall–Kier alpha value is -0.120. The van der Waals surface area contributed by atoms with Gasteiger partial charge in [-0.15, -0.1) is 0 Å². The first-order chi connectivity index (χ1) is 3.18. The van der Waals surface area contributed by atoms with Gasteiger partial charge in [0.2, 0.25) is 0 Å². The fourth-order valence-corrected chi connectivity index (χ4v) is 0.197. The van der Waals surface area contributed by atoms with Crippen molar-refractivity contribution < 1.29 is 10.2 Å². The maximum Gasteiger partial charge on any atom is 0.0918 e. The van der Waals surface area contributed by atoms with E-state index >= 15 is 0 Å². The van der Waals surface area contributed by atoms with E-state index in [0.29, 0.717) is 0 Å². The van der Waals surface area contributed by atoms with Crippen molar-refractivity contribution >= 4 is 0 Å². The van der Waals surface area contributed by atoms with Gasteiger partial charge in [0, 0.05) is 6.54 Å². The van der Waals surface area contributed by atoms with Crippen molar-refractivity contribution in [3.05, 3.63) is 0 Å². The summed E-state index contributed by atoms with van der Waals surface area (Å²) in [7, 11) is 0. The smallest absolute Gasteiger partial charge is 0.0918 e. The molecule has 0 aromatic rings. The Kier molecular flexibility index (Phi) is 2.91. The van der Waals surface area contributed by atoms with Crippen LogP contribution in [0, 0.1) is 0 Å². The van der Waals surface area contributed by atoms with Crippen LogP contribution in [0.3, 0.4) is 0 Å². The highest BCUT2D eigenvalue weighted by Crippen LogP contribution is 1.85. The van der Waals surface area contributed by atoms with Crippen LogP contribution >= 0.6 is 0 Å². The van der Waals surface area contributed by atoms with E-state index < -0.39 is 12.2 Å². The van der Waals surface area contributed by atoms with Crippen molar-refractivity contribution in [2.75, 3.05) is 6.54 Å². The molecule has 0 saturated carbocycles. The number of nitrogens with two attached hydrogens (primary N) is 1. The molecule has 4 N–H and O–H groups in total. The molecule has 2 atom stereocenters. The fourth-order valence-electron chi connectivity index (χ4n) is 0.197. The van der Waals surface area contributed by atoms with Crippen molar-refractivity contribution in [2.24, 2.45) is 5.73 Å². The summed E-state index contributed by atoms with van der Waals surface area (Å²) in [6, 6.07) is 0. The molecule has 0 amide bonds. The quantitative estimate of drug-likeness (QED) is 0.408. The summed E-state index contributed by atoms with van der Waals surface area (Å²) < 4.78 is 0. The monoisotopic (exact) mass is 105 g/mol. The summed E-state index contributed by atoms with van der Waals surface area (Å²) in [5, 5.41) is 17.1. The minimum atomic E-state index is -0.764. The van der Waals surface area contributed by atoms with Crippen molar-refractivity contribution in [2.45, 2.75) is 19.1 Å². The highest BCUT2D eigenvalue weighted by molar-refractivity contribution is 4.60. The van der Waals surface area contributed by atoms with E-state index in [1.54, 1.807) is 0 Å². The maximum absolute atomic E-state index is 8.56. The van der Waals surface area contributed by atoms with Crippen LogP contribution in [0.1, 0.15) is 6.92 Å². The van der Waals surface area contributed by atoms with Crippen LogP contribution in [0.2, 0.25) is 0 Å². The first-order valence-electron chi connectivity index (χ1n) is 2.24. The second-order valence-corrected chi connectivity index (χ2v) is 1.54. The van der Waals surface area contributed by atoms with E-state index in [9.17, 15) is 0 Å². The van der Waals surface area contributed by atoms with Crippen LogP contribution < -0.4 is 5.73 Å². The Bertz CT molecular complexity index is 47.0. The molecule has 0 unspecified atom stereocenters. The molecule has 0 radical (unpaired) electrons. The van der Waals surface area contributed by atoms with Gasteiger partial charge in [0.25, 0.3) is 0 Å². The van der Waals surface area contributed by atoms with Gasteiger partial charge >= 0.3 is 0 Å². The minimum absolute atomic E-state index is 0.123. The molecule has 0 aromatic heterocycles. The lowest BCUT2D eigenvalue weighted by Gasteiger charge is -2.08. The lowest BCUT2D eigenvalue weighted by Crippen LogP contribution is -2.30. The molecule has 0 aromatic carbocycles. The molecule has 3 nitrogen and oxygen atoms in total. The molecular weight excluding hydrogens is 94.0 g/mol. The largest absolute Gasteiger partial charge is 0.391 e. The SMILES string of the molecule is C[C@H](O)[C@H](O)CN. The van der Waals surface area contributed by atoms with Crippen molar-refractivity contribution in [3.8, 4) is 0 Å². The topological polar surface area (TPSA) is 66.5 Å². The summed E-state index contributed by atoms with van der Waals surface area (Å²) in [5.74, 6) is 0. The Labute approximate surface area is 42.8 Å². The van der Waals surface area contributed by atoms with E-state index in [0.717, 1.165) is 0 Å². The lowest BCUT2D eigenvalue weighted by molar-refractivity contribution is 0.0374. The van der Waals surface area contributed by atoms with Gasteiger partial charge in [-0.3, -0.25) is 0 Å². The molecule has 0 rings (SSSR count). The number of rotatable bonds is 2. The zero-order valence-corrected chi connectivity index (χ0v) is 4.33. The molecule has 0 aliphatic rings. The highest BCUT2D eigenvalue weighted by Gasteiger charge is 2.05. The maximum atomic E-state index is 8.56. The van der Waals surface area contributed by atoms with Gasteiger partial charge in [0.05, 0.1) is 12.2 Å². The Morgan fingerprint density at radius 2 is 2.00 bits per heavy atom. The molecule has 0 aliphatic carbocycles. The first-order valence-corrected chi connectivity index (χ1v) is 2.24. The molecule has 0 bridgehead atoms. The second kappa shape index (κ2) is 2.96. The average Bonchev–Trinajstić information content (AvgIpc) is 1.65.